The van der Waals surface area contributed by atoms with Crippen molar-refractivity contribution in [3.8, 4) is 0 Å². The van der Waals surface area contributed by atoms with Gasteiger partial charge in [0.2, 0.25) is 0 Å². The SMILES string of the molecule is Cc1nc2ccc(COS(C)(=O)=O)nc2s1. The Kier molecular flexibility index (Phi) is 2.92. The van der Waals surface area contributed by atoms with Crippen LogP contribution < -0.4 is 0 Å². The van der Waals surface area contributed by atoms with Crippen LogP contribution in [0.4, 0.5) is 0 Å². The molecule has 16 heavy (non-hydrogen) atoms. The number of aryl methyl sites for hydroxylation is 1. The van der Waals surface area contributed by atoms with E-state index >= 15 is 0 Å². The quantitative estimate of drug-likeness (QED) is 0.780. The van der Waals surface area contributed by atoms with Gasteiger partial charge < -0.3 is 0 Å². The Morgan fingerprint density at radius 1 is 1.38 bits per heavy atom. The number of pyridine rings is 1. The van der Waals surface area contributed by atoms with Crippen LogP contribution in [0.15, 0.2) is 12.1 Å². The van der Waals surface area contributed by atoms with Gasteiger partial charge in [-0.3, -0.25) is 4.18 Å². The summed E-state index contributed by atoms with van der Waals surface area (Å²) < 4.78 is 26.3. The van der Waals surface area contributed by atoms with E-state index in [9.17, 15) is 8.42 Å². The van der Waals surface area contributed by atoms with Crippen LogP contribution in [0, 0.1) is 6.92 Å². The Hall–Kier alpha value is -1.05. The molecule has 0 saturated carbocycles. The van der Waals surface area contributed by atoms with Crippen molar-refractivity contribution in [1.82, 2.24) is 9.97 Å². The van der Waals surface area contributed by atoms with Crippen molar-refractivity contribution in [2.75, 3.05) is 6.26 Å². The van der Waals surface area contributed by atoms with Gasteiger partial charge in [0, 0.05) is 0 Å². The van der Waals surface area contributed by atoms with Gasteiger partial charge in [0.05, 0.1) is 17.0 Å². The first-order chi connectivity index (χ1) is 7.44. The van der Waals surface area contributed by atoms with Crippen molar-refractivity contribution < 1.29 is 12.6 Å². The summed E-state index contributed by atoms with van der Waals surface area (Å²) in [6.07, 6.45) is 1.02. The number of fused-ring (bicyclic) bond motifs is 1. The van der Waals surface area contributed by atoms with Crippen molar-refractivity contribution >= 4 is 31.8 Å². The van der Waals surface area contributed by atoms with Gasteiger partial charge in [0.25, 0.3) is 10.1 Å². The molecule has 2 heterocycles. The number of aromatic nitrogens is 2. The highest BCUT2D eigenvalue weighted by Crippen LogP contribution is 2.19. The number of nitrogens with zero attached hydrogens (tertiary/aromatic N) is 2. The maximum Gasteiger partial charge on any atom is 0.264 e. The van der Waals surface area contributed by atoms with E-state index in [0.717, 1.165) is 21.6 Å². The van der Waals surface area contributed by atoms with Crippen LogP contribution in [0.1, 0.15) is 10.7 Å². The molecule has 0 aliphatic heterocycles. The lowest BCUT2D eigenvalue weighted by Gasteiger charge is -2.00. The van der Waals surface area contributed by atoms with E-state index in [4.69, 9.17) is 0 Å². The highest BCUT2D eigenvalue weighted by molar-refractivity contribution is 7.85. The van der Waals surface area contributed by atoms with E-state index in [1.54, 1.807) is 6.07 Å². The molecule has 0 bridgehead atoms. The summed E-state index contributed by atoms with van der Waals surface area (Å²) in [5.41, 5.74) is 1.41. The molecule has 2 aromatic heterocycles. The third kappa shape index (κ3) is 2.75. The van der Waals surface area contributed by atoms with Crippen LogP contribution in [-0.4, -0.2) is 24.6 Å². The van der Waals surface area contributed by atoms with Gasteiger partial charge in [-0.2, -0.15) is 8.42 Å². The molecule has 0 saturated heterocycles. The Balaban J connectivity index is 2.25. The summed E-state index contributed by atoms with van der Waals surface area (Å²) in [5, 5.41) is 0.934. The monoisotopic (exact) mass is 258 g/mol. The molecule has 0 aliphatic carbocycles. The predicted octanol–water partition coefficient (Wildman–Crippen LogP) is 1.48. The molecule has 0 radical (unpaired) electrons. The molecule has 0 spiro atoms. The zero-order chi connectivity index (χ0) is 11.8. The van der Waals surface area contributed by atoms with Crippen LogP contribution in [0.25, 0.3) is 10.3 Å². The smallest absolute Gasteiger partial charge is 0.264 e. The van der Waals surface area contributed by atoms with Crippen LogP contribution >= 0.6 is 11.3 Å². The molecule has 2 rings (SSSR count). The normalized spacial score (nSPS) is 12.1. The van der Waals surface area contributed by atoms with Gasteiger partial charge in [-0.1, -0.05) is 11.3 Å². The standard InChI is InChI=1S/C9H10N2O3S2/c1-6-10-8-4-3-7(11-9(8)15-6)5-14-16(2,12)13/h3-4H,5H2,1-2H3. The molecule has 0 amide bonds. The van der Waals surface area contributed by atoms with Crippen molar-refractivity contribution in [3.05, 3.63) is 22.8 Å². The molecule has 0 aromatic carbocycles. The lowest BCUT2D eigenvalue weighted by Crippen LogP contribution is -2.03. The van der Waals surface area contributed by atoms with Gasteiger partial charge in [0.15, 0.2) is 0 Å². The topological polar surface area (TPSA) is 69.2 Å². The van der Waals surface area contributed by atoms with E-state index < -0.39 is 10.1 Å². The summed E-state index contributed by atoms with van der Waals surface area (Å²) in [5.74, 6) is 0. The molecule has 2 aromatic rings. The maximum atomic E-state index is 10.8. The van der Waals surface area contributed by atoms with Crippen molar-refractivity contribution in [2.24, 2.45) is 0 Å². The van der Waals surface area contributed by atoms with Crippen molar-refractivity contribution in [3.63, 3.8) is 0 Å². The molecule has 86 valence electrons. The fraction of sp³-hybridized carbons (Fsp3) is 0.333. The largest absolute Gasteiger partial charge is 0.264 e. The van der Waals surface area contributed by atoms with Crippen LogP contribution in [0.2, 0.25) is 0 Å². The van der Waals surface area contributed by atoms with Gasteiger partial charge in [-0.25, -0.2) is 9.97 Å². The van der Waals surface area contributed by atoms with Crippen LogP contribution in [0.5, 0.6) is 0 Å². The average molecular weight is 258 g/mol. The Labute approximate surface area is 97.2 Å². The molecule has 0 aliphatic rings. The average Bonchev–Trinajstić information content (AvgIpc) is 2.52. The second-order valence-electron chi connectivity index (χ2n) is 3.33. The molecule has 0 atom stereocenters. The molecular weight excluding hydrogens is 248 g/mol. The molecule has 7 heteroatoms. The number of thiazole rings is 1. The third-order valence-corrected chi connectivity index (χ3v) is 3.27. The number of rotatable bonds is 3. The minimum atomic E-state index is -3.42. The first kappa shape index (κ1) is 11.4. The summed E-state index contributed by atoms with van der Waals surface area (Å²) in [4.78, 5) is 9.32. The summed E-state index contributed by atoms with van der Waals surface area (Å²) >= 11 is 1.47. The van der Waals surface area contributed by atoms with Crippen LogP contribution in [-0.2, 0) is 20.9 Å². The van der Waals surface area contributed by atoms with Crippen molar-refractivity contribution in [2.45, 2.75) is 13.5 Å². The summed E-state index contributed by atoms with van der Waals surface area (Å²) in [6, 6.07) is 3.53. The Morgan fingerprint density at radius 3 is 2.81 bits per heavy atom. The molecule has 5 nitrogen and oxygen atoms in total. The molecule has 0 fully saturated rings. The van der Waals surface area contributed by atoms with Gasteiger partial charge in [0.1, 0.15) is 17.0 Å². The summed E-state index contributed by atoms with van der Waals surface area (Å²) in [7, 11) is -3.42. The van der Waals surface area contributed by atoms with E-state index in [0.29, 0.717) is 5.69 Å². The van der Waals surface area contributed by atoms with Gasteiger partial charge in [-0.05, 0) is 19.1 Å². The lowest BCUT2D eigenvalue weighted by atomic mass is 10.3. The fourth-order valence-corrected chi connectivity index (χ4v) is 2.35. The third-order valence-electron chi connectivity index (χ3n) is 1.84. The highest BCUT2D eigenvalue weighted by Gasteiger charge is 2.06. The Bertz CT molecular complexity index is 619. The first-order valence-electron chi connectivity index (χ1n) is 4.51. The Morgan fingerprint density at radius 2 is 2.12 bits per heavy atom. The van der Waals surface area contributed by atoms with Gasteiger partial charge >= 0.3 is 0 Å². The molecular formula is C9H10N2O3S2. The predicted molar refractivity (Wildman–Crippen MR) is 61.8 cm³/mol. The first-order valence-corrected chi connectivity index (χ1v) is 7.15. The second-order valence-corrected chi connectivity index (χ2v) is 6.15. The van der Waals surface area contributed by atoms with Gasteiger partial charge in [-0.15, -0.1) is 0 Å². The lowest BCUT2D eigenvalue weighted by molar-refractivity contribution is 0.307. The fourth-order valence-electron chi connectivity index (χ4n) is 1.21. The number of hydrogen-bond acceptors (Lipinski definition) is 6. The minimum absolute atomic E-state index is 0.0360. The van der Waals surface area contributed by atoms with E-state index in [1.807, 2.05) is 13.0 Å². The van der Waals surface area contributed by atoms with Crippen LogP contribution in [0.3, 0.4) is 0 Å². The zero-order valence-corrected chi connectivity index (χ0v) is 10.4. The molecule has 0 unspecified atom stereocenters. The number of hydrogen-bond donors (Lipinski definition) is 0. The van der Waals surface area contributed by atoms with E-state index in [2.05, 4.69) is 14.2 Å². The summed E-state index contributed by atoms with van der Waals surface area (Å²) in [6.45, 7) is 1.87. The maximum absolute atomic E-state index is 10.8. The minimum Gasteiger partial charge on any atom is -0.264 e. The molecule has 0 N–H and O–H groups in total. The van der Waals surface area contributed by atoms with E-state index in [1.165, 1.54) is 11.3 Å². The van der Waals surface area contributed by atoms with Crippen molar-refractivity contribution in [1.29, 1.82) is 0 Å². The highest BCUT2D eigenvalue weighted by atomic mass is 32.2. The van der Waals surface area contributed by atoms with E-state index in [-0.39, 0.29) is 6.61 Å². The second kappa shape index (κ2) is 4.08. The zero-order valence-electron chi connectivity index (χ0n) is 8.80.